The zero-order valence-corrected chi connectivity index (χ0v) is 12.5. The maximum Gasteiger partial charge on any atom is 0.323 e. The van der Waals surface area contributed by atoms with Crippen LogP contribution in [0.5, 0.6) is 0 Å². The van der Waals surface area contributed by atoms with E-state index >= 15 is 0 Å². The number of non-ortho nitro benzene ring substituents is 1. The fourth-order valence-corrected chi connectivity index (χ4v) is 2.92. The number of benzene rings is 1. The minimum absolute atomic E-state index is 0.195. The summed E-state index contributed by atoms with van der Waals surface area (Å²) >= 11 is 1.07. The summed E-state index contributed by atoms with van der Waals surface area (Å²) in [6.07, 6.45) is 1.62. The summed E-state index contributed by atoms with van der Waals surface area (Å²) < 4.78 is 0. The first-order valence-electron chi connectivity index (χ1n) is 6.08. The van der Waals surface area contributed by atoms with E-state index in [0.29, 0.717) is 0 Å². The molecule has 22 heavy (non-hydrogen) atoms. The molecule has 1 aromatic carbocycles. The molecule has 1 N–H and O–H groups in total. The minimum atomic E-state index is -1.04. The van der Waals surface area contributed by atoms with Crippen molar-refractivity contribution < 1.29 is 14.6 Å². The van der Waals surface area contributed by atoms with E-state index in [2.05, 4.69) is 5.32 Å². The molecule has 1 aliphatic rings. The molecule has 10 heteroatoms. The van der Waals surface area contributed by atoms with E-state index in [0.717, 1.165) is 16.7 Å². The molecule has 0 fully saturated rings. The van der Waals surface area contributed by atoms with Crippen LogP contribution >= 0.6 is 11.8 Å². The van der Waals surface area contributed by atoms with E-state index in [4.69, 9.17) is 0 Å². The first kappa shape index (κ1) is 15.8. The Labute approximate surface area is 129 Å². The average molecular weight is 324 g/mol. The molecule has 0 aromatic heterocycles. The lowest BCUT2D eigenvalue weighted by Crippen LogP contribution is -2.45. The lowest BCUT2D eigenvalue weighted by atomic mass is 10.0. The molecule has 0 saturated heterocycles. The van der Waals surface area contributed by atoms with E-state index in [1.807, 2.05) is 0 Å². The highest BCUT2D eigenvalue weighted by atomic mass is 32.2. The van der Waals surface area contributed by atoms with E-state index in [-0.39, 0.29) is 22.0 Å². The van der Waals surface area contributed by atoms with E-state index < -0.39 is 21.9 Å². The molecule has 1 aromatic rings. The Morgan fingerprint density at radius 3 is 2.50 bits per heavy atom. The molecular weight excluding hydrogens is 312 g/mol. The number of rotatable bonds is 4. The van der Waals surface area contributed by atoms with Crippen molar-refractivity contribution in [2.45, 2.75) is 6.04 Å². The molecule has 1 heterocycles. The zero-order valence-electron chi connectivity index (χ0n) is 11.7. The van der Waals surface area contributed by atoms with E-state index in [1.54, 1.807) is 6.26 Å². The third-order valence-corrected chi connectivity index (χ3v) is 4.04. The largest absolute Gasteiger partial charge is 0.323 e. The molecule has 2 rings (SSSR count). The van der Waals surface area contributed by atoms with Crippen molar-refractivity contribution in [2.75, 3.05) is 13.3 Å². The molecule has 0 saturated carbocycles. The van der Waals surface area contributed by atoms with Gasteiger partial charge in [-0.25, -0.2) is 4.79 Å². The molecule has 1 atom stereocenters. The van der Waals surface area contributed by atoms with Crippen LogP contribution in [0.25, 0.3) is 0 Å². The second-order valence-electron chi connectivity index (χ2n) is 4.45. The van der Waals surface area contributed by atoms with Crippen LogP contribution in [0.4, 0.5) is 10.5 Å². The van der Waals surface area contributed by atoms with Crippen LogP contribution in [0.15, 0.2) is 35.0 Å². The highest BCUT2D eigenvalue weighted by Gasteiger charge is 2.40. The number of amides is 2. The summed E-state index contributed by atoms with van der Waals surface area (Å²) in [6, 6.07) is 3.88. The number of nitrogens with one attached hydrogen (secondary N) is 1. The third-order valence-electron chi connectivity index (χ3n) is 3.17. The highest BCUT2D eigenvalue weighted by molar-refractivity contribution is 8.02. The summed E-state index contributed by atoms with van der Waals surface area (Å²) in [5.41, 5.74) is -0.122. The Kier molecular flexibility index (Phi) is 4.31. The number of carbonyl (C=O) groups excluding carboxylic acids is 1. The van der Waals surface area contributed by atoms with Crippen LogP contribution in [0.2, 0.25) is 0 Å². The second-order valence-corrected chi connectivity index (χ2v) is 5.24. The van der Waals surface area contributed by atoms with Gasteiger partial charge < -0.3 is 5.32 Å². The number of nitro groups is 2. The Hall–Kier alpha value is -2.62. The van der Waals surface area contributed by atoms with Crippen molar-refractivity contribution in [1.29, 1.82) is 0 Å². The van der Waals surface area contributed by atoms with Crippen LogP contribution in [-0.4, -0.2) is 34.1 Å². The summed E-state index contributed by atoms with van der Waals surface area (Å²) in [7, 11) is 1.42. The molecule has 0 unspecified atom stereocenters. The SMILES string of the molecule is CSC1=C([N+](=O)[O-])[C@H](c2cccc([N+](=O)[O-])c2)NC(=O)N1C. The molecule has 0 spiro atoms. The monoisotopic (exact) mass is 324 g/mol. The van der Waals surface area contributed by atoms with Gasteiger partial charge in [0.1, 0.15) is 6.04 Å². The van der Waals surface area contributed by atoms with Crippen molar-refractivity contribution in [3.63, 3.8) is 0 Å². The first-order chi connectivity index (χ1) is 10.4. The maximum absolute atomic E-state index is 11.9. The van der Waals surface area contributed by atoms with Crippen LogP contribution in [-0.2, 0) is 0 Å². The lowest BCUT2D eigenvalue weighted by molar-refractivity contribution is -0.432. The van der Waals surface area contributed by atoms with Crippen molar-refractivity contribution in [2.24, 2.45) is 0 Å². The number of carbonyl (C=O) groups is 1. The van der Waals surface area contributed by atoms with Gasteiger partial charge >= 0.3 is 11.7 Å². The van der Waals surface area contributed by atoms with Gasteiger partial charge in [0, 0.05) is 19.2 Å². The molecule has 9 nitrogen and oxygen atoms in total. The summed E-state index contributed by atoms with van der Waals surface area (Å²) in [6.45, 7) is 0. The molecule has 0 bridgehead atoms. The standard InChI is InChI=1S/C12H12N4O5S/c1-14-11(22-2)10(16(20)21)9(13-12(14)17)7-4-3-5-8(6-7)15(18)19/h3-6,9H,1-2H3,(H,13,17)/t9-/m0/s1. The predicted molar refractivity (Wildman–Crippen MR) is 79.7 cm³/mol. The molecule has 116 valence electrons. The normalized spacial score (nSPS) is 18.2. The Morgan fingerprint density at radius 2 is 1.95 bits per heavy atom. The first-order valence-corrected chi connectivity index (χ1v) is 7.30. The predicted octanol–water partition coefficient (Wildman–Crippen LogP) is 2.10. The maximum atomic E-state index is 11.9. The van der Waals surface area contributed by atoms with Gasteiger partial charge in [0.2, 0.25) is 0 Å². The van der Waals surface area contributed by atoms with Crippen molar-refractivity contribution in [1.82, 2.24) is 10.2 Å². The number of nitrogens with zero attached hydrogens (tertiary/aromatic N) is 3. The van der Waals surface area contributed by atoms with Gasteiger partial charge in [-0.1, -0.05) is 12.1 Å². The quantitative estimate of drug-likeness (QED) is 0.669. The van der Waals surface area contributed by atoms with Gasteiger partial charge in [0.25, 0.3) is 5.69 Å². The van der Waals surface area contributed by atoms with Crippen molar-refractivity contribution >= 4 is 23.5 Å². The molecule has 2 amide bonds. The second kappa shape index (κ2) is 6.02. The van der Waals surface area contributed by atoms with Gasteiger partial charge in [-0.3, -0.25) is 25.1 Å². The lowest BCUT2D eigenvalue weighted by Gasteiger charge is -2.29. The molecule has 0 radical (unpaired) electrons. The zero-order chi connectivity index (χ0) is 16.4. The Bertz CT molecular complexity index is 690. The van der Waals surface area contributed by atoms with Crippen LogP contribution < -0.4 is 5.32 Å². The summed E-state index contributed by atoms with van der Waals surface area (Å²) in [5.74, 6) is 0. The average Bonchev–Trinajstić information content (AvgIpc) is 2.49. The van der Waals surface area contributed by atoms with Crippen molar-refractivity contribution in [3.05, 3.63) is 60.8 Å². The molecule has 1 aliphatic heterocycles. The number of thioether (sulfide) groups is 1. The van der Waals surface area contributed by atoms with Crippen molar-refractivity contribution in [3.8, 4) is 0 Å². The van der Waals surface area contributed by atoms with Crippen LogP contribution in [0.1, 0.15) is 11.6 Å². The number of hydrogen-bond acceptors (Lipinski definition) is 6. The fourth-order valence-electron chi connectivity index (χ4n) is 2.16. The Morgan fingerprint density at radius 1 is 1.27 bits per heavy atom. The third kappa shape index (κ3) is 2.72. The summed E-state index contributed by atoms with van der Waals surface area (Å²) in [5, 5.41) is 24.9. The van der Waals surface area contributed by atoms with Crippen LogP contribution in [0.3, 0.4) is 0 Å². The molecule has 0 aliphatic carbocycles. The van der Waals surface area contributed by atoms with Gasteiger partial charge in [-0.15, -0.1) is 11.8 Å². The van der Waals surface area contributed by atoms with Gasteiger partial charge in [-0.05, 0) is 11.8 Å². The van der Waals surface area contributed by atoms with E-state index in [9.17, 15) is 25.0 Å². The number of nitro benzene ring substituents is 1. The fraction of sp³-hybridized carbons (Fsp3) is 0.250. The summed E-state index contributed by atoms with van der Waals surface area (Å²) in [4.78, 5) is 34.2. The topological polar surface area (TPSA) is 119 Å². The Balaban J connectivity index is 2.59. The van der Waals surface area contributed by atoms with Gasteiger partial charge in [-0.2, -0.15) is 0 Å². The highest BCUT2D eigenvalue weighted by Crippen LogP contribution is 2.35. The number of urea groups is 1. The number of hydrogen-bond donors (Lipinski definition) is 1. The van der Waals surface area contributed by atoms with Gasteiger partial charge in [0.05, 0.1) is 9.85 Å². The minimum Gasteiger partial charge on any atom is -0.321 e. The molecular formula is C12H12N4O5S. The van der Waals surface area contributed by atoms with Gasteiger partial charge in [0.15, 0.2) is 5.03 Å². The smallest absolute Gasteiger partial charge is 0.321 e. The van der Waals surface area contributed by atoms with E-state index in [1.165, 1.54) is 31.3 Å². The van der Waals surface area contributed by atoms with Crippen LogP contribution in [0, 0.1) is 20.2 Å².